The summed E-state index contributed by atoms with van der Waals surface area (Å²) in [6, 6.07) is 0. The van der Waals surface area contributed by atoms with Gasteiger partial charge in [-0.1, -0.05) is 13.3 Å². The van der Waals surface area contributed by atoms with Crippen LogP contribution in [0.2, 0.25) is 0 Å². The van der Waals surface area contributed by atoms with E-state index in [2.05, 4.69) is 12.2 Å². The molecule has 3 N–H and O–H groups in total. The molecule has 0 bridgehead atoms. The van der Waals surface area contributed by atoms with Gasteiger partial charge in [-0.2, -0.15) is 0 Å². The Bertz CT molecular complexity index is 173. The number of hydrogen-bond donors (Lipinski definition) is 2. The Morgan fingerprint density at radius 1 is 1.55 bits per heavy atom. The first kappa shape index (κ1) is 10.0. The first-order chi connectivity index (χ1) is 5.13. The Morgan fingerprint density at radius 3 is 2.45 bits per heavy atom. The van der Waals surface area contributed by atoms with Gasteiger partial charge in [0.15, 0.2) is 0 Å². The highest BCUT2D eigenvalue weighted by molar-refractivity contribution is 5.92. The van der Waals surface area contributed by atoms with Crippen molar-refractivity contribution in [2.24, 2.45) is 5.73 Å². The van der Waals surface area contributed by atoms with E-state index in [0.29, 0.717) is 5.70 Å². The van der Waals surface area contributed by atoms with Gasteiger partial charge in [0.2, 0.25) is 0 Å². The van der Waals surface area contributed by atoms with Crippen molar-refractivity contribution in [2.75, 3.05) is 7.05 Å². The molecule has 0 aromatic heterocycles. The van der Waals surface area contributed by atoms with Crippen molar-refractivity contribution in [1.29, 1.82) is 0 Å². The van der Waals surface area contributed by atoms with E-state index < -0.39 is 0 Å². The van der Waals surface area contributed by atoms with Crippen LogP contribution in [-0.2, 0) is 4.79 Å². The van der Waals surface area contributed by atoms with E-state index >= 15 is 0 Å². The molecule has 3 nitrogen and oxygen atoms in total. The van der Waals surface area contributed by atoms with Crippen LogP contribution in [0.25, 0.3) is 0 Å². The number of likely N-dealkylation sites (N-methyl/N-ethyl adjacent to an activating group) is 1. The number of amides is 1. The van der Waals surface area contributed by atoms with Crippen LogP contribution in [0.3, 0.4) is 0 Å². The molecule has 0 fully saturated rings. The molecule has 64 valence electrons. The van der Waals surface area contributed by atoms with E-state index in [1.165, 1.54) is 0 Å². The first-order valence-corrected chi connectivity index (χ1v) is 3.80. The van der Waals surface area contributed by atoms with E-state index in [0.717, 1.165) is 18.4 Å². The maximum absolute atomic E-state index is 10.9. The zero-order valence-electron chi connectivity index (χ0n) is 7.40. The Labute approximate surface area is 67.7 Å². The minimum Gasteiger partial charge on any atom is -0.394 e. The van der Waals surface area contributed by atoms with Crippen molar-refractivity contribution >= 4 is 5.91 Å². The fourth-order valence-corrected chi connectivity index (χ4v) is 0.838. The summed E-state index contributed by atoms with van der Waals surface area (Å²) in [5.74, 6) is -0.184. The minimum atomic E-state index is -0.184. The highest BCUT2D eigenvalue weighted by Gasteiger charge is 2.04. The molecule has 0 saturated heterocycles. The molecule has 0 aromatic carbocycles. The minimum absolute atomic E-state index is 0.184. The normalized spacial score (nSPS) is 12.3. The lowest BCUT2D eigenvalue weighted by atomic mass is 10.1. The van der Waals surface area contributed by atoms with Gasteiger partial charge < -0.3 is 11.1 Å². The molecular formula is C8H16N2O. The lowest BCUT2D eigenvalue weighted by Crippen LogP contribution is -2.25. The molecule has 0 aliphatic rings. The third-order valence-electron chi connectivity index (χ3n) is 1.56. The molecule has 0 spiro atoms. The molecular weight excluding hydrogens is 140 g/mol. The van der Waals surface area contributed by atoms with Crippen molar-refractivity contribution < 1.29 is 4.79 Å². The molecule has 0 radical (unpaired) electrons. The molecule has 11 heavy (non-hydrogen) atoms. The van der Waals surface area contributed by atoms with Gasteiger partial charge in [0.05, 0.1) is 5.70 Å². The predicted molar refractivity (Wildman–Crippen MR) is 45.9 cm³/mol. The number of hydrogen-bond acceptors (Lipinski definition) is 2. The number of carbonyl (C=O) groups is 1. The number of rotatable bonds is 3. The Hall–Kier alpha value is -0.990. The van der Waals surface area contributed by atoms with Crippen molar-refractivity contribution in [3.05, 3.63) is 11.3 Å². The molecule has 0 rings (SSSR count). The fraction of sp³-hybridized carbons (Fsp3) is 0.625. The van der Waals surface area contributed by atoms with Crippen molar-refractivity contribution in [2.45, 2.75) is 26.7 Å². The molecule has 3 heteroatoms. The SMILES string of the molecule is CCCC(C)=C(N)C(=O)NC. The first-order valence-electron chi connectivity index (χ1n) is 3.80. The van der Waals surface area contributed by atoms with Gasteiger partial charge in [-0.3, -0.25) is 4.79 Å². The van der Waals surface area contributed by atoms with Crippen LogP contribution in [0.5, 0.6) is 0 Å². The Kier molecular flexibility index (Phi) is 4.34. The van der Waals surface area contributed by atoms with Gasteiger partial charge in [0, 0.05) is 7.05 Å². The van der Waals surface area contributed by atoms with Crippen LogP contribution < -0.4 is 11.1 Å². The summed E-state index contributed by atoms with van der Waals surface area (Å²) in [5, 5.41) is 2.48. The lowest BCUT2D eigenvalue weighted by molar-refractivity contribution is -0.117. The van der Waals surface area contributed by atoms with Gasteiger partial charge in [0.1, 0.15) is 0 Å². The zero-order chi connectivity index (χ0) is 8.85. The van der Waals surface area contributed by atoms with Gasteiger partial charge in [-0.25, -0.2) is 0 Å². The zero-order valence-corrected chi connectivity index (χ0v) is 7.40. The molecule has 1 amide bonds. The quantitative estimate of drug-likeness (QED) is 0.593. The average molecular weight is 156 g/mol. The van der Waals surface area contributed by atoms with E-state index in [1.54, 1.807) is 7.05 Å². The Morgan fingerprint density at radius 2 is 2.09 bits per heavy atom. The summed E-state index contributed by atoms with van der Waals surface area (Å²) >= 11 is 0. The van der Waals surface area contributed by atoms with Gasteiger partial charge in [-0.15, -0.1) is 0 Å². The largest absolute Gasteiger partial charge is 0.394 e. The van der Waals surface area contributed by atoms with Gasteiger partial charge >= 0.3 is 0 Å². The Balaban J connectivity index is 4.26. The summed E-state index contributed by atoms with van der Waals surface area (Å²) < 4.78 is 0. The maximum Gasteiger partial charge on any atom is 0.266 e. The van der Waals surface area contributed by atoms with Crippen LogP contribution in [-0.4, -0.2) is 13.0 Å². The number of nitrogens with two attached hydrogens (primary N) is 1. The standard InChI is InChI=1S/C8H16N2O/c1-4-5-6(2)7(9)8(11)10-3/h4-5,9H2,1-3H3,(H,10,11). The van der Waals surface area contributed by atoms with E-state index in [4.69, 9.17) is 5.73 Å². The van der Waals surface area contributed by atoms with Crippen molar-refractivity contribution in [3.63, 3.8) is 0 Å². The van der Waals surface area contributed by atoms with Crippen LogP contribution in [0.1, 0.15) is 26.7 Å². The summed E-state index contributed by atoms with van der Waals surface area (Å²) in [7, 11) is 1.58. The smallest absolute Gasteiger partial charge is 0.266 e. The summed E-state index contributed by atoms with van der Waals surface area (Å²) in [5.41, 5.74) is 6.85. The van der Waals surface area contributed by atoms with Gasteiger partial charge in [0.25, 0.3) is 5.91 Å². The number of allylic oxidation sites excluding steroid dienone is 1. The monoisotopic (exact) mass is 156 g/mol. The topological polar surface area (TPSA) is 55.1 Å². The third kappa shape index (κ3) is 3.07. The molecule has 0 aliphatic carbocycles. The number of nitrogens with one attached hydrogen (secondary N) is 1. The molecule has 0 saturated carbocycles. The van der Waals surface area contributed by atoms with E-state index in [9.17, 15) is 4.79 Å². The molecule has 0 unspecified atom stereocenters. The molecule has 0 aliphatic heterocycles. The van der Waals surface area contributed by atoms with E-state index in [-0.39, 0.29) is 5.91 Å². The second kappa shape index (κ2) is 4.77. The van der Waals surface area contributed by atoms with Crippen LogP contribution >= 0.6 is 0 Å². The average Bonchev–Trinajstić information content (AvgIpc) is 2.02. The van der Waals surface area contributed by atoms with Crippen LogP contribution in [0.15, 0.2) is 11.3 Å². The highest BCUT2D eigenvalue weighted by Crippen LogP contribution is 2.05. The van der Waals surface area contributed by atoms with Crippen molar-refractivity contribution in [1.82, 2.24) is 5.32 Å². The summed E-state index contributed by atoms with van der Waals surface area (Å²) in [4.78, 5) is 10.9. The van der Waals surface area contributed by atoms with Crippen LogP contribution in [0.4, 0.5) is 0 Å². The predicted octanol–water partition coefficient (Wildman–Crippen LogP) is 0.765. The molecule has 0 heterocycles. The summed E-state index contributed by atoms with van der Waals surface area (Å²) in [6.45, 7) is 3.94. The maximum atomic E-state index is 10.9. The molecule has 0 aromatic rings. The summed E-state index contributed by atoms with van der Waals surface area (Å²) in [6.07, 6.45) is 1.91. The van der Waals surface area contributed by atoms with Gasteiger partial charge in [-0.05, 0) is 18.9 Å². The second-order valence-corrected chi connectivity index (χ2v) is 2.52. The highest BCUT2D eigenvalue weighted by atomic mass is 16.1. The second-order valence-electron chi connectivity index (χ2n) is 2.52. The van der Waals surface area contributed by atoms with Crippen molar-refractivity contribution in [3.8, 4) is 0 Å². The van der Waals surface area contributed by atoms with E-state index in [1.807, 2.05) is 6.92 Å². The number of carbonyl (C=O) groups excluding carboxylic acids is 1. The lowest BCUT2D eigenvalue weighted by Gasteiger charge is -2.04. The third-order valence-corrected chi connectivity index (χ3v) is 1.56. The van der Waals surface area contributed by atoms with Crippen LogP contribution in [0, 0.1) is 0 Å². The molecule has 0 atom stereocenters. The fourth-order valence-electron chi connectivity index (χ4n) is 0.838.